The summed E-state index contributed by atoms with van der Waals surface area (Å²) in [5, 5.41) is 5.44. The van der Waals surface area contributed by atoms with Crippen molar-refractivity contribution in [3.8, 4) is 0 Å². The van der Waals surface area contributed by atoms with Gasteiger partial charge in [0.15, 0.2) is 5.65 Å². The SMILES string of the molecule is CC(C)n1ncc2c(C(=O)N3C[C@H]4CCC[C@@H]4C3)cc(C3CC3)nc21. The number of likely N-dealkylation sites (tertiary alicyclic amines) is 1. The molecule has 2 aliphatic carbocycles. The molecule has 0 spiro atoms. The summed E-state index contributed by atoms with van der Waals surface area (Å²) in [5.41, 5.74) is 2.78. The summed E-state index contributed by atoms with van der Waals surface area (Å²) in [5.74, 6) is 2.17. The van der Waals surface area contributed by atoms with Crippen LogP contribution >= 0.6 is 0 Å². The Morgan fingerprint density at radius 3 is 2.52 bits per heavy atom. The second-order valence-corrected chi connectivity index (χ2v) is 8.45. The number of fused-ring (bicyclic) bond motifs is 2. The Kier molecular flexibility index (Phi) is 3.41. The number of carbonyl (C=O) groups excluding carboxylic acids is 1. The second kappa shape index (κ2) is 5.55. The highest BCUT2D eigenvalue weighted by molar-refractivity contribution is 6.05. The summed E-state index contributed by atoms with van der Waals surface area (Å²) < 4.78 is 1.96. The minimum atomic E-state index is 0.187. The summed E-state index contributed by atoms with van der Waals surface area (Å²) in [6, 6.07) is 2.30. The van der Waals surface area contributed by atoms with Gasteiger partial charge < -0.3 is 4.90 Å². The maximum Gasteiger partial charge on any atom is 0.254 e. The van der Waals surface area contributed by atoms with Gasteiger partial charge in [0.2, 0.25) is 0 Å². The quantitative estimate of drug-likeness (QED) is 0.856. The van der Waals surface area contributed by atoms with Crippen LogP contribution in [0.4, 0.5) is 0 Å². The minimum Gasteiger partial charge on any atom is -0.338 e. The molecule has 2 saturated carbocycles. The van der Waals surface area contributed by atoms with Crippen molar-refractivity contribution in [3.63, 3.8) is 0 Å². The first kappa shape index (κ1) is 15.4. The monoisotopic (exact) mass is 338 g/mol. The molecule has 0 bridgehead atoms. The van der Waals surface area contributed by atoms with Crippen molar-refractivity contribution < 1.29 is 4.79 Å². The van der Waals surface area contributed by atoms with Crippen LogP contribution in [-0.2, 0) is 0 Å². The molecule has 0 radical (unpaired) electrons. The van der Waals surface area contributed by atoms with Crippen LogP contribution in [0.15, 0.2) is 12.3 Å². The number of hydrogen-bond donors (Lipinski definition) is 0. The zero-order valence-corrected chi connectivity index (χ0v) is 15.1. The van der Waals surface area contributed by atoms with Crippen molar-refractivity contribution in [2.45, 2.75) is 57.9 Å². The highest BCUT2D eigenvalue weighted by Gasteiger charge is 2.39. The zero-order chi connectivity index (χ0) is 17.1. The number of aromatic nitrogens is 3. The van der Waals surface area contributed by atoms with E-state index in [1.165, 1.54) is 32.1 Å². The molecule has 3 aliphatic rings. The average molecular weight is 338 g/mol. The van der Waals surface area contributed by atoms with Crippen molar-refractivity contribution in [3.05, 3.63) is 23.5 Å². The molecule has 132 valence electrons. The van der Waals surface area contributed by atoms with Crippen LogP contribution in [0.2, 0.25) is 0 Å². The molecule has 0 N–H and O–H groups in total. The molecule has 1 aliphatic heterocycles. The van der Waals surface area contributed by atoms with E-state index in [4.69, 9.17) is 4.98 Å². The average Bonchev–Trinajstić information content (AvgIpc) is 3.02. The third kappa shape index (κ3) is 2.47. The zero-order valence-electron chi connectivity index (χ0n) is 15.1. The summed E-state index contributed by atoms with van der Waals surface area (Å²) in [6.07, 6.45) is 8.14. The largest absolute Gasteiger partial charge is 0.338 e. The van der Waals surface area contributed by atoms with E-state index in [1.54, 1.807) is 0 Å². The molecule has 5 heteroatoms. The Labute approximate surface area is 148 Å². The standard InChI is InChI=1S/C20H26N4O/c1-12(2)24-19-17(9-21-24)16(8-18(22-19)13-6-7-13)20(25)23-10-14-4-3-5-15(14)11-23/h8-9,12-15H,3-7,10-11H2,1-2H3/t14-,15-/m1/s1. The third-order valence-corrected chi connectivity index (χ3v) is 6.32. The molecule has 3 heterocycles. The molecule has 1 amide bonds. The highest BCUT2D eigenvalue weighted by Crippen LogP contribution is 2.41. The fourth-order valence-corrected chi connectivity index (χ4v) is 4.75. The predicted molar refractivity (Wildman–Crippen MR) is 96.6 cm³/mol. The fourth-order valence-electron chi connectivity index (χ4n) is 4.75. The van der Waals surface area contributed by atoms with Gasteiger partial charge in [-0.1, -0.05) is 6.42 Å². The van der Waals surface area contributed by atoms with Gasteiger partial charge in [-0.15, -0.1) is 0 Å². The van der Waals surface area contributed by atoms with E-state index in [1.807, 2.05) is 10.9 Å². The lowest BCUT2D eigenvalue weighted by atomic mass is 10.0. The topological polar surface area (TPSA) is 51.0 Å². The van der Waals surface area contributed by atoms with Gasteiger partial charge in [-0.25, -0.2) is 9.67 Å². The minimum absolute atomic E-state index is 0.187. The summed E-state index contributed by atoms with van der Waals surface area (Å²) >= 11 is 0. The Morgan fingerprint density at radius 2 is 1.88 bits per heavy atom. The molecule has 5 nitrogen and oxygen atoms in total. The molecular weight excluding hydrogens is 312 g/mol. The lowest BCUT2D eigenvalue weighted by Crippen LogP contribution is -2.29. The van der Waals surface area contributed by atoms with E-state index in [-0.39, 0.29) is 11.9 Å². The van der Waals surface area contributed by atoms with Crippen LogP contribution < -0.4 is 0 Å². The lowest BCUT2D eigenvalue weighted by Gasteiger charge is -2.18. The molecule has 1 saturated heterocycles. The van der Waals surface area contributed by atoms with E-state index < -0.39 is 0 Å². The van der Waals surface area contributed by atoms with Gasteiger partial charge in [0, 0.05) is 30.7 Å². The Morgan fingerprint density at radius 1 is 1.16 bits per heavy atom. The number of hydrogen-bond acceptors (Lipinski definition) is 3. The van der Waals surface area contributed by atoms with Crippen molar-refractivity contribution in [1.29, 1.82) is 0 Å². The van der Waals surface area contributed by atoms with Crippen molar-refractivity contribution in [2.75, 3.05) is 13.1 Å². The number of pyridine rings is 1. The molecular formula is C20H26N4O. The Bertz CT molecular complexity index is 824. The Hall–Kier alpha value is -1.91. The van der Waals surface area contributed by atoms with Gasteiger partial charge in [0.05, 0.1) is 17.1 Å². The normalized spacial score (nSPS) is 26.0. The third-order valence-electron chi connectivity index (χ3n) is 6.32. The molecule has 2 atom stereocenters. The molecule has 3 fully saturated rings. The van der Waals surface area contributed by atoms with Gasteiger partial charge in [-0.2, -0.15) is 5.10 Å². The first-order valence-corrected chi connectivity index (χ1v) is 9.79. The number of rotatable bonds is 3. The molecule has 0 aromatic carbocycles. The summed E-state index contributed by atoms with van der Waals surface area (Å²) in [7, 11) is 0. The maximum absolute atomic E-state index is 13.3. The molecule has 0 unspecified atom stereocenters. The van der Waals surface area contributed by atoms with E-state index >= 15 is 0 Å². The first-order valence-electron chi connectivity index (χ1n) is 9.79. The molecule has 2 aromatic rings. The number of carbonyl (C=O) groups is 1. The van der Waals surface area contributed by atoms with Crippen molar-refractivity contribution in [1.82, 2.24) is 19.7 Å². The highest BCUT2D eigenvalue weighted by atomic mass is 16.2. The van der Waals surface area contributed by atoms with Gasteiger partial charge in [-0.05, 0) is 57.4 Å². The molecule has 5 rings (SSSR count). The fraction of sp³-hybridized carbons (Fsp3) is 0.650. The lowest BCUT2D eigenvalue weighted by molar-refractivity contribution is 0.0782. The maximum atomic E-state index is 13.3. The van der Waals surface area contributed by atoms with E-state index in [9.17, 15) is 4.79 Å². The molecule has 25 heavy (non-hydrogen) atoms. The Balaban J connectivity index is 1.56. The smallest absolute Gasteiger partial charge is 0.254 e. The van der Waals surface area contributed by atoms with Crippen LogP contribution in [0.5, 0.6) is 0 Å². The van der Waals surface area contributed by atoms with Gasteiger partial charge in [0.25, 0.3) is 5.91 Å². The summed E-state index contributed by atoms with van der Waals surface area (Å²) in [6.45, 7) is 6.09. The van der Waals surface area contributed by atoms with Crippen LogP contribution in [-0.4, -0.2) is 38.7 Å². The van der Waals surface area contributed by atoms with E-state index in [0.29, 0.717) is 5.92 Å². The van der Waals surface area contributed by atoms with Crippen molar-refractivity contribution >= 4 is 16.9 Å². The van der Waals surface area contributed by atoms with Gasteiger partial charge >= 0.3 is 0 Å². The van der Waals surface area contributed by atoms with Crippen LogP contribution in [0.25, 0.3) is 11.0 Å². The van der Waals surface area contributed by atoms with Gasteiger partial charge in [0.1, 0.15) is 0 Å². The number of nitrogens with zero attached hydrogens (tertiary/aromatic N) is 4. The first-order chi connectivity index (χ1) is 12.1. The number of amides is 1. The van der Waals surface area contributed by atoms with Crippen molar-refractivity contribution in [2.24, 2.45) is 11.8 Å². The van der Waals surface area contributed by atoms with Crippen LogP contribution in [0.1, 0.15) is 74.0 Å². The van der Waals surface area contributed by atoms with E-state index in [0.717, 1.165) is 47.2 Å². The molecule has 2 aromatic heterocycles. The van der Waals surface area contributed by atoms with Crippen LogP contribution in [0.3, 0.4) is 0 Å². The predicted octanol–water partition coefficient (Wildman–Crippen LogP) is 3.76. The summed E-state index contributed by atoms with van der Waals surface area (Å²) in [4.78, 5) is 20.3. The van der Waals surface area contributed by atoms with Gasteiger partial charge in [-0.3, -0.25) is 4.79 Å². The second-order valence-electron chi connectivity index (χ2n) is 8.45. The van der Waals surface area contributed by atoms with E-state index in [2.05, 4.69) is 29.9 Å². The van der Waals surface area contributed by atoms with Crippen LogP contribution in [0, 0.1) is 11.8 Å².